The highest BCUT2D eigenvalue weighted by molar-refractivity contribution is 6.23. The highest BCUT2D eigenvalue weighted by atomic mass is 16.4. The van der Waals surface area contributed by atoms with Gasteiger partial charge >= 0.3 is 0 Å². The Kier molecular flexibility index (Phi) is 7.60. The maximum Gasteiger partial charge on any atom is 0.179 e. The van der Waals surface area contributed by atoms with E-state index in [9.17, 15) is 5.26 Å². The SMILES string of the molecule is Cc1ccccc1N(c1ccccc1)c1ccc2cc3c(cc2c1)oc1c3cc(C#N)c2c3cc4ccc(N(c5ccccc5)c5ccccc5C)cc4cc3oc12. The maximum absolute atomic E-state index is 10.6. The van der Waals surface area contributed by atoms with Crippen molar-refractivity contribution in [1.82, 2.24) is 0 Å². The average molecular weight is 746 g/mol. The molecule has 2 heterocycles. The number of furan rings is 2. The number of benzene rings is 9. The summed E-state index contributed by atoms with van der Waals surface area (Å²) in [5.74, 6) is 0. The van der Waals surface area contributed by atoms with Gasteiger partial charge in [0, 0.05) is 55.7 Å². The lowest BCUT2D eigenvalue weighted by Gasteiger charge is -2.27. The number of hydrogen-bond acceptors (Lipinski definition) is 5. The summed E-state index contributed by atoms with van der Waals surface area (Å²) in [4.78, 5) is 4.59. The fourth-order valence-electron chi connectivity index (χ4n) is 8.63. The molecule has 0 N–H and O–H groups in total. The topological polar surface area (TPSA) is 56.6 Å². The lowest BCUT2D eigenvalue weighted by Crippen LogP contribution is -2.11. The van der Waals surface area contributed by atoms with E-state index >= 15 is 0 Å². The fourth-order valence-corrected chi connectivity index (χ4v) is 8.63. The smallest absolute Gasteiger partial charge is 0.179 e. The molecule has 58 heavy (non-hydrogen) atoms. The van der Waals surface area contributed by atoms with Crippen LogP contribution >= 0.6 is 0 Å². The molecular weight excluding hydrogens is 711 g/mol. The first-order valence-corrected chi connectivity index (χ1v) is 19.5. The van der Waals surface area contributed by atoms with Crippen molar-refractivity contribution in [2.24, 2.45) is 0 Å². The second kappa shape index (κ2) is 13.2. The Morgan fingerprint density at radius 1 is 0.414 bits per heavy atom. The average Bonchev–Trinajstić information content (AvgIpc) is 3.81. The second-order valence-electron chi connectivity index (χ2n) is 15.0. The molecule has 0 bridgehead atoms. The highest BCUT2D eigenvalue weighted by Crippen LogP contribution is 2.45. The molecule has 11 aromatic rings. The van der Waals surface area contributed by atoms with Crippen LogP contribution in [0, 0.1) is 25.2 Å². The van der Waals surface area contributed by atoms with Crippen LogP contribution in [0.3, 0.4) is 0 Å². The summed E-state index contributed by atoms with van der Waals surface area (Å²) in [5, 5.41) is 18.3. The van der Waals surface area contributed by atoms with Gasteiger partial charge in [-0.3, -0.25) is 0 Å². The van der Waals surface area contributed by atoms with E-state index in [4.69, 9.17) is 8.83 Å². The Labute approximate surface area is 334 Å². The number of hydrogen-bond donors (Lipinski definition) is 0. The van der Waals surface area contributed by atoms with Crippen LogP contribution in [0.25, 0.3) is 65.4 Å². The largest absolute Gasteiger partial charge is 0.452 e. The summed E-state index contributed by atoms with van der Waals surface area (Å²) in [6, 6.07) is 63.8. The molecule has 0 atom stereocenters. The van der Waals surface area contributed by atoms with E-state index in [0.29, 0.717) is 22.3 Å². The molecule has 9 aromatic carbocycles. The van der Waals surface area contributed by atoms with Crippen molar-refractivity contribution in [3.05, 3.63) is 193 Å². The van der Waals surface area contributed by atoms with Gasteiger partial charge in [-0.25, -0.2) is 0 Å². The van der Waals surface area contributed by atoms with Gasteiger partial charge in [-0.2, -0.15) is 5.26 Å². The minimum Gasteiger partial charge on any atom is -0.452 e. The van der Waals surface area contributed by atoms with Crippen molar-refractivity contribution in [3.8, 4) is 6.07 Å². The third kappa shape index (κ3) is 5.31. The van der Waals surface area contributed by atoms with Crippen LogP contribution in [0.15, 0.2) is 185 Å². The van der Waals surface area contributed by atoms with Gasteiger partial charge in [0.1, 0.15) is 11.2 Å². The van der Waals surface area contributed by atoms with Gasteiger partial charge in [0.05, 0.1) is 11.6 Å². The number of fused-ring (bicyclic) bond motifs is 9. The number of nitriles is 1. The molecule has 274 valence electrons. The third-order valence-corrected chi connectivity index (χ3v) is 11.4. The Morgan fingerprint density at radius 2 is 0.897 bits per heavy atom. The van der Waals surface area contributed by atoms with Crippen LogP contribution in [-0.4, -0.2) is 0 Å². The third-order valence-electron chi connectivity index (χ3n) is 11.4. The summed E-state index contributed by atoms with van der Waals surface area (Å²) in [5.41, 5.74) is 12.1. The molecule has 5 heteroatoms. The standard InChI is InChI=1S/C53H35N3O2/c1-33-13-9-11-19-47(33)55(40-15-5-3-6-16-40)42-23-21-35-27-44-45-29-39(32-54)51-46-28-36-22-24-43(56(41-17-7-4-8-18-41)48-20-12-10-14-34(48)2)26-38(36)31-50(46)58-53(51)52(45)57-49(44)30-37(35)25-42/h3-31H,1-2H3. The molecule has 0 unspecified atom stereocenters. The van der Waals surface area contributed by atoms with Crippen LogP contribution in [-0.2, 0) is 0 Å². The molecule has 0 saturated carbocycles. The van der Waals surface area contributed by atoms with Crippen molar-refractivity contribution < 1.29 is 8.83 Å². The summed E-state index contributed by atoms with van der Waals surface area (Å²) in [7, 11) is 0. The Hall–Kier alpha value is -7.81. The predicted octanol–water partition coefficient (Wildman–Crippen LogP) is 15.2. The quantitative estimate of drug-likeness (QED) is 0.170. The van der Waals surface area contributed by atoms with Crippen molar-refractivity contribution >= 4 is 99.5 Å². The molecule has 5 nitrogen and oxygen atoms in total. The first-order chi connectivity index (χ1) is 28.5. The van der Waals surface area contributed by atoms with Crippen LogP contribution in [0.5, 0.6) is 0 Å². The summed E-state index contributed by atoms with van der Waals surface area (Å²) >= 11 is 0. The lowest BCUT2D eigenvalue weighted by molar-refractivity contribution is 0.634. The number of rotatable bonds is 6. The van der Waals surface area contributed by atoms with E-state index in [-0.39, 0.29) is 0 Å². The Morgan fingerprint density at radius 3 is 1.43 bits per heavy atom. The van der Waals surface area contributed by atoms with E-state index in [1.807, 2.05) is 18.2 Å². The second-order valence-corrected chi connectivity index (χ2v) is 15.0. The molecular formula is C53H35N3O2. The van der Waals surface area contributed by atoms with Crippen molar-refractivity contribution in [2.45, 2.75) is 13.8 Å². The molecule has 0 fully saturated rings. The Balaban J connectivity index is 1.07. The van der Waals surface area contributed by atoms with Gasteiger partial charge in [-0.05, 0) is 138 Å². The molecule has 11 rings (SSSR count). The molecule has 2 aromatic heterocycles. The van der Waals surface area contributed by atoms with Crippen molar-refractivity contribution in [3.63, 3.8) is 0 Å². The van der Waals surface area contributed by atoms with E-state index < -0.39 is 0 Å². The molecule has 0 aliphatic carbocycles. The van der Waals surface area contributed by atoms with Crippen LogP contribution in [0.1, 0.15) is 16.7 Å². The van der Waals surface area contributed by atoms with E-state index in [0.717, 1.165) is 82.8 Å². The Bertz CT molecular complexity index is 3450. The van der Waals surface area contributed by atoms with Gasteiger partial charge in [-0.15, -0.1) is 0 Å². The van der Waals surface area contributed by atoms with Gasteiger partial charge < -0.3 is 18.6 Å². The highest BCUT2D eigenvalue weighted by Gasteiger charge is 2.22. The van der Waals surface area contributed by atoms with Crippen molar-refractivity contribution in [2.75, 3.05) is 9.80 Å². The molecule has 0 aliphatic rings. The summed E-state index contributed by atoms with van der Waals surface area (Å²) < 4.78 is 13.5. The van der Waals surface area contributed by atoms with Crippen LogP contribution in [0.2, 0.25) is 0 Å². The first kappa shape index (κ1) is 33.5. The number of para-hydroxylation sites is 4. The lowest BCUT2D eigenvalue weighted by atomic mass is 10.00. The summed E-state index contributed by atoms with van der Waals surface area (Å²) in [6.45, 7) is 4.28. The zero-order chi connectivity index (χ0) is 38.9. The summed E-state index contributed by atoms with van der Waals surface area (Å²) in [6.07, 6.45) is 0. The predicted molar refractivity (Wildman–Crippen MR) is 240 cm³/mol. The van der Waals surface area contributed by atoms with E-state index in [1.165, 1.54) is 11.1 Å². The van der Waals surface area contributed by atoms with E-state index in [1.54, 1.807) is 0 Å². The normalized spacial score (nSPS) is 11.6. The zero-order valence-corrected chi connectivity index (χ0v) is 31.9. The minimum absolute atomic E-state index is 0.557. The van der Waals surface area contributed by atoms with Gasteiger partial charge in [0.15, 0.2) is 11.2 Å². The molecule has 0 aliphatic heterocycles. The number of aryl methyl sites for hydroxylation is 2. The van der Waals surface area contributed by atoms with Crippen LogP contribution < -0.4 is 9.80 Å². The monoisotopic (exact) mass is 745 g/mol. The number of anilines is 6. The molecule has 0 spiro atoms. The van der Waals surface area contributed by atoms with Crippen molar-refractivity contribution in [1.29, 1.82) is 5.26 Å². The maximum atomic E-state index is 10.6. The molecule has 0 radical (unpaired) electrons. The van der Waals surface area contributed by atoms with Crippen LogP contribution in [0.4, 0.5) is 34.1 Å². The zero-order valence-electron chi connectivity index (χ0n) is 31.9. The minimum atomic E-state index is 0.557. The number of nitrogens with zero attached hydrogens (tertiary/aromatic N) is 3. The van der Waals surface area contributed by atoms with Gasteiger partial charge in [0.2, 0.25) is 0 Å². The van der Waals surface area contributed by atoms with Gasteiger partial charge in [0.25, 0.3) is 0 Å². The first-order valence-electron chi connectivity index (χ1n) is 19.5. The molecule has 0 amide bonds. The van der Waals surface area contributed by atoms with Gasteiger partial charge in [-0.1, -0.05) is 84.9 Å². The fraction of sp³-hybridized carbons (Fsp3) is 0.0377. The van der Waals surface area contributed by atoms with E-state index in [2.05, 4.69) is 187 Å². The molecule has 0 saturated heterocycles.